The third-order valence-electron chi connectivity index (χ3n) is 6.37. The number of nitrogens with one attached hydrogen (secondary N) is 3. The van der Waals surface area contributed by atoms with Crippen LogP contribution >= 0.6 is 0 Å². The molecular weight excluding hydrogens is 511 g/mol. The number of rotatable bonds is 14. The lowest BCUT2D eigenvalue weighted by Gasteiger charge is -2.23. The van der Waals surface area contributed by atoms with E-state index in [0.717, 1.165) is 11.1 Å². The maximum atomic E-state index is 14.2. The quantitative estimate of drug-likeness (QED) is 0.247. The lowest BCUT2D eigenvalue weighted by Crippen LogP contribution is -2.55. The Balaban J connectivity index is 1.76. The molecular formula is C31H37FN4O4. The molecule has 0 radical (unpaired) electrons. The number of halogens is 1. The van der Waals surface area contributed by atoms with Crippen molar-refractivity contribution in [1.82, 2.24) is 16.0 Å². The second kappa shape index (κ2) is 15.4. The van der Waals surface area contributed by atoms with Crippen LogP contribution in [0.1, 0.15) is 42.5 Å². The summed E-state index contributed by atoms with van der Waals surface area (Å²) in [6.07, 6.45) is 0.674. The molecule has 0 aliphatic rings. The molecule has 3 rings (SSSR count). The van der Waals surface area contributed by atoms with Crippen LogP contribution in [-0.2, 0) is 40.3 Å². The molecule has 0 bridgehead atoms. The van der Waals surface area contributed by atoms with Crippen molar-refractivity contribution in [2.75, 3.05) is 6.61 Å². The molecule has 0 saturated heterocycles. The fraction of sp³-hybridized carbons (Fsp3) is 0.323. The van der Waals surface area contributed by atoms with Crippen molar-refractivity contribution < 1.29 is 23.5 Å². The molecule has 3 aromatic carbocycles. The Labute approximate surface area is 234 Å². The fourth-order valence-corrected chi connectivity index (χ4v) is 4.14. The molecule has 0 heterocycles. The molecule has 9 heteroatoms. The van der Waals surface area contributed by atoms with Gasteiger partial charge in [-0.1, -0.05) is 61.5 Å². The molecule has 8 nitrogen and oxygen atoms in total. The standard InChI is InChI=1S/C31H37FN4O4/c1-3-29(37)35-28(18-22-11-14-25(15-12-22)40-4-2)31(39)36-27(17-21-8-6-5-7-9-21)30(38)34-20-23-10-13-24(19-33)26(32)16-23/h5-16,27-28H,3-4,17-20,33H2,1-2H3,(H,34,38)(H,35,37)(H,36,39). The highest BCUT2D eigenvalue weighted by Gasteiger charge is 2.27. The van der Waals surface area contributed by atoms with Gasteiger partial charge >= 0.3 is 0 Å². The second-order valence-corrected chi connectivity index (χ2v) is 9.35. The highest BCUT2D eigenvalue weighted by Crippen LogP contribution is 2.14. The largest absolute Gasteiger partial charge is 0.494 e. The number of amides is 3. The topological polar surface area (TPSA) is 123 Å². The highest BCUT2D eigenvalue weighted by atomic mass is 19.1. The Morgan fingerprint density at radius 3 is 2.05 bits per heavy atom. The summed E-state index contributed by atoms with van der Waals surface area (Å²) in [5.41, 5.74) is 8.16. The predicted octanol–water partition coefficient (Wildman–Crippen LogP) is 3.16. The van der Waals surface area contributed by atoms with Crippen molar-refractivity contribution in [2.45, 2.75) is 58.3 Å². The Morgan fingerprint density at radius 2 is 1.45 bits per heavy atom. The number of nitrogens with two attached hydrogens (primary N) is 1. The van der Waals surface area contributed by atoms with E-state index in [1.165, 1.54) is 6.07 Å². The van der Waals surface area contributed by atoms with Gasteiger partial charge in [0.1, 0.15) is 23.7 Å². The number of ether oxygens (including phenoxy) is 1. The van der Waals surface area contributed by atoms with Gasteiger partial charge in [-0.15, -0.1) is 0 Å². The van der Waals surface area contributed by atoms with Crippen LogP contribution in [0.5, 0.6) is 5.75 Å². The van der Waals surface area contributed by atoms with Crippen LogP contribution in [0, 0.1) is 5.82 Å². The zero-order chi connectivity index (χ0) is 28.9. The van der Waals surface area contributed by atoms with E-state index in [4.69, 9.17) is 10.5 Å². The van der Waals surface area contributed by atoms with Crippen molar-refractivity contribution >= 4 is 17.7 Å². The van der Waals surface area contributed by atoms with Gasteiger partial charge in [0.2, 0.25) is 17.7 Å². The summed E-state index contributed by atoms with van der Waals surface area (Å²) in [6, 6.07) is 19.4. The van der Waals surface area contributed by atoms with Crippen LogP contribution in [0.25, 0.3) is 0 Å². The van der Waals surface area contributed by atoms with Gasteiger partial charge in [-0.2, -0.15) is 0 Å². The smallest absolute Gasteiger partial charge is 0.243 e. The molecule has 0 aliphatic carbocycles. The van der Waals surface area contributed by atoms with Crippen LogP contribution in [-0.4, -0.2) is 36.4 Å². The maximum absolute atomic E-state index is 14.2. The van der Waals surface area contributed by atoms with Gasteiger partial charge in [0.05, 0.1) is 6.61 Å². The molecule has 2 atom stereocenters. The lowest BCUT2D eigenvalue weighted by atomic mass is 10.0. The van der Waals surface area contributed by atoms with Crippen molar-refractivity contribution in [3.8, 4) is 5.75 Å². The van der Waals surface area contributed by atoms with E-state index < -0.39 is 29.7 Å². The van der Waals surface area contributed by atoms with Gasteiger partial charge < -0.3 is 26.4 Å². The van der Waals surface area contributed by atoms with Crippen molar-refractivity contribution in [2.24, 2.45) is 5.73 Å². The average Bonchev–Trinajstić information content (AvgIpc) is 2.96. The Morgan fingerprint density at radius 1 is 0.825 bits per heavy atom. The van der Waals surface area contributed by atoms with E-state index in [9.17, 15) is 18.8 Å². The van der Waals surface area contributed by atoms with E-state index in [2.05, 4.69) is 16.0 Å². The highest BCUT2D eigenvalue weighted by molar-refractivity contribution is 5.92. The zero-order valence-electron chi connectivity index (χ0n) is 22.9. The maximum Gasteiger partial charge on any atom is 0.243 e. The summed E-state index contributed by atoms with van der Waals surface area (Å²) in [5.74, 6) is -0.917. The Bertz CT molecular complexity index is 1270. The summed E-state index contributed by atoms with van der Waals surface area (Å²) in [4.78, 5) is 39.0. The normalized spacial score (nSPS) is 12.2. The van der Waals surface area contributed by atoms with Gasteiger partial charge in [-0.05, 0) is 41.8 Å². The van der Waals surface area contributed by atoms with Crippen LogP contribution < -0.4 is 26.4 Å². The SMILES string of the molecule is CCOc1ccc(CC(NC(=O)CC)C(=O)NC(Cc2ccccc2)C(=O)NCc2ccc(CN)c(F)c2)cc1. The molecule has 0 spiro atoms. The number of benzene rings is 3. The van der Waals surface area contributed by atoms with Crippen LogP contribution in [0.15, 0.2) is 72.8 Å². The Hall–Kier alpha value is -4.24. The average molecular weight is 549 g/mol. The monoisotopic (exact) mass is 548 g/mol. The van der Waals surface area contributed by atoms with Gasteiger partial charge in [-0.25, -0.2) is 4.39 Å². The van der Waals surface area contributed by atoms with E-state index in [1.807, 2.05) is 61.5 Å². The third kappa shape index (κ3) is 9.20. The number of carbonyl (C=O) groups is 3. The number of carbonyl (C=O) groups excluding carboxylic acids is 3. The van der Waals surface area contributed by atoms with E-state index in [0.29, 0.717) is 23.5 Å². The first-order valence-corrected chi connectivity index (χ1v) is 13.4. The van der Waals surface area contributed by atoms with E-state index in [1.54, 1.807) is 19.1 Å². The fourth-order valence-electron chi connectivity index (χ4n) is 4.14. The molecule has 3 aromatic rings. The molecule has 3 amide bonds. The van der Waals surface area contributed by atoms with Gasteiger partial charge in [0, 0.05) is 37.9 Å². The summed E-state index contributed by atoms with van der Waals surface area (Å²) >= 11 is 0. The zero-order valence-corrected chi connectivity index (χ0v) is 22.9. The predicted molar refractivity (Wildman–Crippen MR) is 152 cm³/mol. The molecule has 40 heavy (non-hydrogen) atoms. The van der Waals surface area contributed by atoms with Gasteiger partial charge in [0.25, 0.3) is 0 Å². The Kier molecular flexibility index (Phi) is 11.6. The summed E-state index contributed by atoms with van der Waals surface area (Å²) < 4.78 is 19.6. The van der Waals surface area contributed by atoms with Crippen LogP contribution in [0.3, 0.4) is 0 Å². The minimum absolute atomic E-state index is 0.0734. The molecule has 0 aromatic heterocycles. The van der Waals surface area contributed by atoms with E-state index in [-0.39, 0.29) is 38.3 Å². The lowest BCUT2D eigenvalue weighted by molar-refractivity contribution is -0.132. The molecule has 5 N–H and O–H groups in total. The third-order valence-corrected chi connectivity index (χ3v) is 6.37. The number of hydrogen-bond donors (Lipinski definition) is 4. The van der Waals surface area contributed by atoms with Crippen molar-refractivity contribution in [1.29, 1.82) is 0 Å². The first kappa shape index (κ1) is 30.3. The minimum atomic E-state index is -0.926. The summed E-state index contributed by atoms with van der Waals surface area (Å²) in [5, 5.41) is 8.40. The van der Waals surface area contributed by atoms with Gasteiger partial charge in [0.15, 0.2) is 0 Å². The molecule has 0 aliphatic heterocycles. The molecule has 2 unspecified atom stereocenters. The molecule has 212 valence electrons. The molecule has 0 fully saturated rings. The van der Waals surface area contributed by atoms with E-state index >= 15 is 0 Å². The minimum Gasteiger partial charge on any atom is -0.494 e. The van der Waals surface area contributed by atoms with Crippen LogP contribution in [0.2, 0.25) is 0 Å². The first-order chi connectivity index (χ1) is 19.3. The van der Waals surface area contributed by atoms with Crippen molar-refractivity contribution in [3.63, 3.8) is 0 Å². The molecule has 0 saturated carbocycles. The number of hydrogen-bond acceptors (Lipinski definition) is 5. The van der Waals surface area contributed by atoms with Crippen molar-refractivity contribution in [3.05, 3.63) is 101 Å². The second-order valence-electron chi connectivity index (χ2n) is 9.35. The van der Waals surface area contributed by atoms with Crippen LogP contribution in [0.4, 0.5) is 4.39 Å². The van der Waals surface area contributed by atoms with Gasteiger partial charge in [-0.3, -0.25) is 14.4 Å². The first-order valence-electron chi connectivity index (χ1n) is 13.4. The summed E-state index contributed by atoms with van der Waals surface area (Å²) in [7, 11) is 0. The summed E-state index contributed by atoms with van der Waals surface area (Å²) in [6.45, 7) is 4.29.